The van der Waals surface area contributed by atoms with Crippen LogP contribution >= 0.6 is 0 Å². The molecule has 0 amide bonds. The Hall–Kier alpha value is -1.84. The summed E-state index contributed by atoms with van der Waals surface area (Å²) in [6, 6.07) is 3.32. The molecule has 0 saturated carbocycles. The monoisotopic (exact) mass is 222 g/mol. The van der Waals surface area contributed by atoms with Crippen LogP contribution in [0.1, 0.15) is 22.3 Å². The van der Waals surface area contributed by atoms with Crippen molar-refractivity contribution in [1.29, 1.82) is 0 Å². The Morgan fingerprint density at radius 2 is 1.81 bits per heavy atom. The minimum absolute atomic E-state index is 0.115. The molecule has 0 atom stereocenters. The number of carbonyl (C=O) groups is 2. The Morgan fingerprint density at radius 1 is 1.25 bits per heavy atom. The largest absolute Gasteiger partial charge is 0.493 e. The van der Waals surface area contributed by atoms with E-state index in [1.807, 2.05) is 0 Å². The van der Waals surface area contributed by atoms with Crippen molar-refractivity contribution in [1.82, 2.24) is 0 Å². The lowest BCUT2D eigenvalue weighted by Crippen LogP contribution is -2.04. The summed E-state index contributed by atoms with van der Waals surface area (Å²) in [6.45, 7) is 1.79. The second-order valence-corrected chi connectivity index (χ2v) is 3.32. The molecular formula is C12H14O4. The standard InChI is InChI=1S/C12H14O4/c1-8-6-11(15-2)12(16-3)7-9(8)10(14)4-5-13/h5-7H,4H2,1-3H3. The molecule has 0 fully saturated rings. The maximum absolute atomic E-state index is 11.6. The molecule has 1 aromatic carbocycles. The van der Waals surface area contributed by atoms with Gasteiger partial charge in [0.05, 0.1) is 20.6 Å². The molecule has 0 N–H and O–H groups in total. The predicted octanol–water partition coefficient (Wildman–Crippen LogP) is 1.78. The van der Waals surface area contributed by atoms with Crippen molar-refractivity contribution in [2.24, 2.45) is 0 Å². The fraction of sp³-hybridized carbons (Fsp3) is 0.333. The van der Waals surface area contributed by atoms with Crippen molar-refractivity contribution >= 4 is 12.1 Å². The Bertz CT molecular complexity index is 410. The molecule has 0 heterocycles. The number of methoxy groups -OCH3 is 2. The number of aryl methyl sites for hydroxylation is 1. The molecule has 86 valence electrons. The minimum atomic E-state index is -0.214. The lowest BCUT2D eigenvalue weighted by molar-refractivity contribution is -0.107. The topological polar surface area (TPSA) is 52.6 Å². The molecule has 16 heavy (non-hydrogen) atoms. The molecule has 0 bridgehead atoms. The van der Waals surface area contributed by atoms with Crippen molar-refractivity contribution in [2.75, 3.05) is 14.2 Å². The summed E-state index contributed by atoms with van der Waals surface area (Å²) in [7, 11) is 3.03. The summed E-state index contributed by atoms with van der Waals surface area (Å²) >= 11 is 0. The van der Waals surface area contributed by atoms with Gasteiger partial charge in [-0.05, 0) is 24.6 Å². The predicted molar refractivity (Wildman–Crippen MR) is 59.3 cm³/mol. The van der Waals surface area contributed by atoms with Gasteiger partial charge in [-0.2, -0.15) is 0 Å². The lowest BCUT2D eigenvalue weighted by Gasteiger charge is -2.11. The molecule has 0 aliphatic rings. The van der Waals surface area contributed by atoms with Gasteiger partial charge in [0.15, 0.2) is 17.3 Å². The van der Waals surface area contributed by atoms with Crippen molar-refractivity contribution in [2.45, 2.75) is 13.3 Å². The number of ketones is 1. The van der Waals surface area contributed by atoms with Gasteiger partial charge in [0.1, 0.15) is 6.29 Å². The van der Waals surface area contributed by atoms with E-state index in [-0.39, 0.29) is 12.2 Å². The van der Waals surface area contributed by atoms with E-state index in [0.717, 1.165) is 5.56 Å². The smallest absolute Gasteiger partial charge is 0.170 e. The maximum atomic E-state index is 11.6. The summed E-state index contributed by atoms with van der Waals surface area (Å²) < 4.78 is 10.2. The highest BCUT2D eigenvalue weighted by Crippen LogP contribution is 2.30. The quantitative estimate of drug-likeness (QED) is 0.433. The van der Waals surface area contributed by atoms with E-state index in [1.165, 1.54) is 14.2 Å². The van der Waals surface area contributed by atoms with Crippen LogP contribution in [-0.2, 0) is 4.79 Å². The second-order valence-electron chi connectivity index (χ2n) is 3.32. The molecule has 0 radical (unpaired) electrons. The average molecular weight is 222 g/mol. The summed E-state index contributed by atoms with van der Waals surface area (Å²) in [6.07, 6.45) is 0.481. The molecule has 1 aromatic rings. The Kier molecular flexibility index (Phi) is 4.05. The first-order valence-electron chi connectivity index (χ1n) is 4.83. The molecule has 0 aliphatic heterocycles. The number of hydrogen-bond acceptors (Lipinski definition) is 4. The van der Waals surface area contributed by atoms with Crippen LogP contribution in [0.2, 0.25) is 0 Å². The molecular weight excluding hydrogens is 208 g/mol. The first-order chi connectivity index (χ1) is 7.63. The Balaban J connectivity index is 3.20. The summed E-state index contributed by atoms with van der Waals surface area (Å²) in [5, 5.41) is 0. The molecule has 0 aromatic heterocycles. The van der Waals surface area contributed by atoms with Gasteiger partial charge in [-0.3, -0.25) is 4.79 Å². The zero-order valence-corrected chi connectivity index (χ0v) is 9.57. The number of rotatable bonds is 5. The number of carbonyl (C=O) groups excluding carboxylic acids is 2. The van der Waals surface area contributed by atoms with Crippen molar-refractivity contribution in [3.63, 3.8) is 0 Å². The molecule has 0 saturated heterocycles. The van der Waals surface area contributed by atoms with E-state index in [2.05, 4.69) is 0 Å². The first kappa shape index (κ1) is 12.2. The summed E-state index contributed by atoms with van der Waals surface area (Å²) in [4.78, 5) is 21.9. The van der Waals surface area contributed by atoms with E-state index >= 15 is 0 Å². The Labute approximate surface area is 94.2 Å². The van der Waals surface area contributed by atoms with Gasteiger partial charge in [0.25, 0.3) is 0 Å². The summed E-state index contributed by atoms with van der Waals surface area (Å²) in [5.41, 5.74) is 1.26. The third-order valence-electron chi connectivity index (χ3n) is 2.30. The van der Waals surface area contributed by atoms with Crippen LogP contribution in [0.4, 0.5) is 0 Å². The highest BCUT2D eigenvalue weighted by Gasteiger charge is 2.13. The van der Waals surface area contributed by atoms with Crippen LogP contribution in [-0.4, -0.2) is 26.3 Å². The molecule has 0 aliphatic carbocycles. The SMILES string of the molecule is COc1cc(C)c(C(=O)CC=O)cc1OC. The van der Waals surface area contributed by atoms with Crippen LogP contribution in [0, 0.1) is 6.92 Å². The van der Waals surface area contributed by atoms with Gasteiger partial charge in [-0.25, -0.2) is 0 Å². The third kappa shape index (κ3) is 2.39. The molecule has 0 unspecified atom stereocenters. The van der Waals surface area contributed by atoms with Crippen molar-refractivity contribution in [3.8, 4) is 11.5 Å². The van der Waals surface area contributed by atoms with Gasteiger partial charge in [-0.1, -0.05) is 0 Å². The fourth-order valence-corrected chi connectivity index (χ4v) is 1.47. The zero-order valence-electron chi connectivity index (χ0n) is 9.57. The molecule has 0 spiro atoms. The van der Waals surface area contributed by atoms with E-state index in [9.17, 15) is 9.59 Å². The van der Waals surface area contributed by atoms with Gasteiger partial charge >= 0.3 is 0 Å². The highest BCUT2D eigenvalue weighted by atomic mass is 16.5. The lowest BCUT2D eigenvalue weighted by atomic mass is 10.0. The number of benzene rings is 1. The molecule has 1 rings (SSSR count). The molecule has 4 nitrogen and oxygen atoms in total. The minimum Gasteiger partial charge on any atom is -0.493 e. The number of aldehydes is 1. The van der Waals surface area contributed by atoms with Gasteiger partial charge in [-0.15, -0.1) is 0 Å². The number of ether oxygens (including phenoxy) is 2. The van der Waals surface area contributed by atoms with Gasteiger partial charge in [0.2, 0.25) is 0 Å². The number of hydrogen-bond donors (Lipinski definition) is 0. The maximum Gasteiger partial charge on any atom is 0.170 e. The van der Waals surface area contributed by atoms with E-state index < -0.39 is 0 Å². The first-order valence-corrected chi connectivity index (χ1v) is 4.83. The van der Waals surface area contributed by atoms with E-state index in [0.29, 0.717) is 23.3 Å². The zero-order chi connectivity index (χ0) is 12.1. The van der Waals surface area contributed by atoms with Crippen LogP contribution in [0.25, 0.3) is 0 Å². The van der Waals surface area contributed by atoms with Gasteiger partial charge < -0.3 is 14.3 Å². The Morgan fingerprint density at radius 3 is 2.31 bits per heavy atom. The van der Waals surface area contributed by atoms with E-state index in [4.69, 9.17) is 9.47 Å². The van der Waals surface area contributed by atoms with Crippen molar-refractivity contribution < 1.29 is 19.1 Å². The fourth-order valence-electron chi connectivity index (χ4n) is 1.47. The summed E-state index contributed by atoms with van der Waals surface area (Å²) in [5.74, 6) is 0.846. The van der Waals surface area contributed by atoms with Gasteiger partial charge in [0, 0.05) is 5.56 Å². The normalized spacial score (nSPS) is 9.69. The highest BCUT2D eigenvalue weighted by molar-refractivity contribution is 6.04. The average Bonchev–Trinajstić information content (AvgIpc) is 2.28. The van der Waals surface area contributed by atoms with Crippen LogP contribution in [0.5, 0.6) is 11.5 Å². The van der Waals surface area contributed by atoms with Crippen molar-refractivity contribution in [3.05, 3.63) is 23.3 Å². The van der Waals surface area contributed by atoms with Crippen LogP contribution in [0.3, 0.4) is 0 Å². The molecule has 4 heteroatoms. The van der Waals surface area contributed by atoms with Crippen LogP contribution in [0.15, 0.2) is 12.1 Å². The third-order valence-corrected chi connectivity index (χ3v) is 2.30. The second kappa shape index (κ2) is 5.30. The number of Topliss-reactive ketones (excluding diaryl/α,β-unsaturated/α-hetero) is 1. The van der Waals surface area contributed by atoms with E-state index in [1.54, 1.807) is 19.1 Å². The van der Waals surface area contributed by atoms with Crippen LogP contribution < -0.4 is 9.47 Å².